The van der Waals surface area contributed by atoms with Crippen LogP contribution in [0.3, 0.4) is 0 Å². The van der Waals surface area contributed by atoms with E-state index in [4.69, 9.17) is 0 Å². The van der Waals surface area contributed by atoms with Crippen LogP contribution in [-0.4, -0.2) is 58.8 Å². The lowest BCUT2D eigenvalue weighted by Crippen LogP contribution is -2.41. The molecule has 2 amide bonds. The summed E-state index contributed by atoms with van der Waals surface area (Å²) in [4.78, 5) is 37.8. The van der Waals surface area contributed by atoms with Crippen LogP contribution < -0.4 is 4.90 Å². The first kappa shape index (κ1) is 26.6. The van der Waals surface area contributed by atoms with Gasteiger partial charge >= 0.3 is 0 Å². The van der Waals surface area contributed by atoms with Gasteiger partial charge in [-0.2, -0.15) is 0 Å². The fraction of sp³-hybridized carbons (Fsp3) is 0.387. The van der Waals surface area contributed by atoms with Gasteiger partial charge < -0.3 is 9.80 Å². The van der Waals surface area contributed by atoms with E-state index in [2.05, 4.69) is 35.9 Å². The summed E-state index contributed by atoms with van der Waals surface area (Å²) in [5.74, 6) is 0.0828. The van der Waals surface area contributed by atoms with Crippen LogP contribution in [0.15, 0.2) is 72.9 Å². The van der Waals surface area contributed by atoms with Crippen LogP contribution in [0.2, 0.25) is 0 Å². The number of benzene rings is 2. The van der Waals surface area contributed by atoms with Crippen molar-refractivity contribution in [3.05, 3.63) is 95.3 Å². The van der Waals surface area contributed by atoms with Gasteiger partial charge in [0.25, 0.3) is 5.91 Å². The molecule has 2 aromatic carbocycles. The normalized spacial score (nSPS) is 15.2. The van der Waals surface area contributed by atoms with E-state index in [0.717, 1.165) is 42.0 Å². The van der Waals surface area contributed by atoms with Gasteiger partial charge in [-0.15, -0.1) is 0 Å². The molecule has 4 rings (SSSR count). The number of nitrogens with zero attached hydrogens (tertiary/aromatic N) is 4. The van der Waals surface area contributed by atoms with Crippen molar-refractivity contribution < 1.29 is 9.59 Å². The quantitative estimate of drug-likeness (QED) is 0.490. The SMILES string of the molecule is Cc1ccc(C(=O)N2CCN(C(C)C)CCCN(C(=O)CCc3ccccc3)c3ccccc3C2)cn1. The van der Waals surface area contributed by atoms with E-state index in [1.165, 1.54) is 0 Å². The molecule has 1 aromatic heterocycles. The number of hydrogen-bond acceptors (Lipinski definition) is 4. The molecule has 0 bridgehead atoms. The summed E-state index contributed by atoms with van der Waals surface area (Å²) < 4.78 is 0. The Morgan fingerprint density at radius 2 is 1.65 bits per heavy atom. The Hall–Kier alpha value is -3.51. The summed E-state index contributed by atoms with van der Waals surface area (Å²) in [6.07, 6.45) is 3.69. The molecule has 37 heavy (non-hydrogen) atoms. The van der Waals surface area contributed by atoms with Crippen molar-refractivity contribution in [2.24, 2.45) is 0 Å². The third-order valence-electron chi connectivity index (χ3n) is 7.08. The van der Waals surface area contributed by atoms with Gasteiger partial charge in [0, 0.05) is 62.8 Å². The Balaban J connectivity index is 1.63. The van der Waals surface area contributed by atoms with Crippen molar-refractivity contribution in [3.8, 4) is 0 Å². The molecule has 0 fully saturated rings. The van der Waals surface area contributed by atoms with E-state index in [0.29, 0.717) is 44.1 Å². The first-order valence-electron chi connectivity index (χ1n) is 13.3. The number of para-hydroxylation sites is 1. The van der Waals surface area contributed by atoms with Crippen molar-refractivity contribution >= 4 is 17.5 Å². The second-order valence-electron chi connectivity index (χ2n) is 10.1. The highest BCUT2D eigenvalue weighted by Gasteiger charge is 2.24. The summed E-state index contributed by atoms with van der Waals surface area (Å²) in [5.41, 5.74) is 4.52. The van der Waals surface area contributed by atoms with E-state index in [1.807, 2.05) is 71.3 Å². The molecule has 0 aliphatic carbocycles. The highest BCUT2D eigenvalue weighted by atomic mass is 16.2. The first-order chi connectivity index (χ1) is 17.9. The van der Waals surface area contributed by atoms with E-state index >= 15 is 0 Å². The molecule has 2 heterocycles. The van der Waals surface area contributed by atoms with E-state index in [1.54, 1.807) is 6.20 Å². The minimum atomic E-state index is -0.0350. The molecule has 3 aromatic rings. The number of amides is 2. The number of pyridine rings is 1. The second-order valence-corrected chi connectivity index (χ2v) is 10.1. The number of fused-ring (bicyclic) bond motifs is 1. The van der Waals surface area contributed by atoms with Crippen molar-refractivity contribution in [1.82, 2.24) is 14.8 Å². The maximum atomic E-state index is 13.6. The van der Waals surface area contributed by atoms with Gasteiger partial charge in [-0.3, -0.25) is 19.5 Å². The fourth-order valence-electron chi connectivity index (χ4n) is 4.86. The average molecular weight is 499 g/mol. The molecule has 0 radical (unpaired) electrons. The number of aryl methyl sites for hydroxylation is 2. The smallest absolute Gasteiger partial charge is 0.255 e. The van der Waals surface area contributed by atoms with Crippen LogP contribution in [0.1, 0.15) is 53.9 Å². The predicted molar refractivity (Wildman–Crippen MR) is 149 cm³/mol. The lowest BCUT2D eigenvalue weighted by atomic mass is 10.1. The third kappa shape index (κ3) is 7.04. The molecule has 1 aliphatic rings. The maximum Gasteiger partial charge on any atom is 0.255 e. The van der Waals surface area contributed by atoms with E-state index in [-0.39, 0.29) is 11.8 Å². The third-order valence-corrected chi connectivity index (χ3v) is 7.08. The van der Waals surface area contributed by atoms with Crippen molar-refractivity contribution in [1.29, 1.82) is 0 Å². The van der Waals surface area contributed by atoms with Crippen molar-refractivity contribution in [2.45, 2.75) is 52.6 Å². The molecule has 6 heteroatoms. The molecule has 0 saturated heterocycles. The maximum absolute atomic E-state index is 13.6. The molecular weight excluding hydrogens is 460 g/mol. The zero-order valence-electron chi connectivity index (χ0n) is 22.3. The molecule has 194 valence electrons. The molecule has 0 spiro atoms. The predicted octanol–water partition coefficient (Wildman–Crippen LogP) is 5.11. The van der Waals surface area contributed by atoms with Gasteiger partial charge in [0.1, 0.15) is 0 Å². The zero-order valence-corrected chi connectivity index (χ0v) is 22.3. The molecule has 0 N–H and O–H groups in total. The Morgan fingerprint density at radius 1 is 0.892 bits per heavy atom. The van der Waals surface area contributed by atoms with Crippen LogP contribution in [0.25, 0.3) is 0 Å². The van der Waals surface area contributed by atoms with Gasteiger partial charge in [0.2, 0.25) is 5.91 Å². The van der Waals surface area contributed by atoms with Crippen molar-refractivity contribution in [3.63, 3.8) is 0 Å². The topological polar surface area (TPSA) is 56.8 Å². The van der Waals surface area contributed by atoms with Gasteiger partial charge in [0.15, 0.2) is 0 Å². The number of hydrogen-bond donors (Lipinski definition) is 0. The van der Waals surface area contributed by atoms with Crippen molar-refractivity contribution in [2.75, 3.05) is 31.1 Å². The monoisotopic (exact) mass is 498 g/mol. The van der Waals surface area contributed by atoms with Crippen LogP contribution in [0.5, 0.6) is 0 Å². The first-order valence-corrected chi connectivity index (χ1v) is 13.3. The van der Waals surface area contributed by atoms with Gasteiger partial charge in [-0.25, -0.2) is 0 Å². The Morgan fingerprint density at radius 3 is 2.38 bits per heavy atom. The van der Waals surface area contributed by atoms with Gasteiger partial charge in [-0.1, -0.05) is 48.5 Å². The number of anilines is 1. The summed E-state index contributed by atoms with van der Waals surface area (Å²) in [6, 6.07) is 22.3. The highest BCUT2D eigenvalue weighted by Crippen LogP contribution is 2.25. The summed E-state index contributed by atoms with van der Waals surface area (Å²) in [6.45, 7) is 9.66. The molecular formula is C31H38N4O2. The lowest BCUT2D eigenvalue weighted by Gasteiger charge is -2.30. The van der Waals surface area contributed by atoms with Crippen LogP contribution in [0.4, 0.5) is 5.69 Å². The number of carbonyl (C=O) groups is 2. The number of rotatable bonds is 5. The van der Waals surface area contributed by atoms with Gasteiger partial charge in [0.05, 0.1) is 5.56 Å². The van der Waals surface area contributed by atoms with Gasteiger partial charge in [-0.05, 0) is 62.9 Å². The molecule has 6 nitrogen and oxygen atoms in total. The highest BCUT2D eigenvalue weighted by molar-refractivity contribution is 5.95. The van der Waals surface area contributed by atoms with Crippen LogP contribution in [0, 0.1) is 6.92 Å². The average Bonchev–Trinajstić information content (AvgIpc) is 2.95. The van der Waals surface area contributed by atoms with E-state index < -0.39 is 0 Å². The van der Waals surface area contributed by atoms with Crippen LogP contribution >= 0.6 is 0 Å². The zero-order chi connectivity index (χ0) is 26.2. The minimum absolute atomic E-state index is 0.0350. The Labute approximate surface area is 220 Å². The molecule has 0 saturated carbocycles. The van der Waals surface area contributed by atoms with E-state index in [9.17, 15) is 9.59 Å². The summed E-state index contributed by atoms with van der Waals surface area (Å²) >= 11 is 0. The minimum Gasteiger partial charge on any atom is -0.333 e. The summed E-state index contributed by atoms with van der Waals surface area (Å²) in [7, 11) is 0. The second kappa shape index (κ2) is 12.6. The number of aromatic nitrogens is 1. The summed E-state index contributed by atoms with van der Waals surface area (Å²) in [5, 5.41) is 0. The Kier molecular flexibility index (Phi) is 9.07. The molecule has 0 unspecified atom stereocenters. The molecule has 0 atom stereocenters. The fourth-order valence-corrected chi connectivity index (χ4v) is 4.86. The Bertz CT molecular complexity index is 1180. The van der Waals surface area contributed by atoms with Crippen LogP contribution in [-0.2, 0) is 17.8 Å². The lowest BCUT2D eigenvalue weighted by molar-refractivity contribution is -0.118. The standard InChI is InChI=1S/C31H38N4O2/c1-24(2)33-18-9-19-35(30(36)17-15-26-10-5-4-6-11-26)29-13-8-7-12-28(29)23-34(21-20-33)31(37)27-16-14-25(3)32-22-27/h4-8,10-14,16,22,24H,9,15,17-21,23H2,1-3H3. The largest absolute Gasteiger partial charge is 0.333 e. The number of carbonyl (C=O) groups excluding carboxylic acids is 2. The molecule has 1 aliphatic heterocycles.